The van der Waals surface area contributed by atoms with Crippen LogP contribution in [0.3, 0.4) is 0 Å². The Morgan fingerprint density at radius 1 is 1.37 bits per heavy atom. The maximum atomic E-state index is 12.3. The third-order valence-electron chi connectivity index (χ3n) is 2.35. The number of hydrogen-bond donors (Lipinski definition) is 2. The Hall–Kier alpha value is -2.53. The van der Waals surface area contributed by atoms with E-state index in [2.05, 4.69) is 15.1 Å². The first kappa shape index (κ1) is 12.9. The van der Waals surface area contributed by atoms with Crippen molar-refractivity contribution in [1.29, 1.82) is 5.26 Å². The molecule has 0 fully saturated rings. The maximum absolute atomic E-state index is 12.3. The number of anilines is 1. The number of ether oxygens (including phenoxy) is 1. The number of nitrogens with one attached hydrogen (secondary N) is 1. The summed E-state index contributed by atoms with van der Waals surface area (Å²) in [5.74, 6) is 4.82. The summed E-state index contributed by atoms with van der Waals surface area (Å²) in [6.07, 6.45) is -3.69. The third-order valence-corrected chi connectivity index (χ3v) is 2.35. The van der Waals surface area contributed by atoms with Crippen molar-refractivity contribution in [3.05, 3.63) is 30.0 Å². The second-order valence-corrected chi connectivity index (χ2v) is 3.50. The zero-order valence-corrected chi connectivity index (χ0v) is 9.32. The van der Waals surface area contributed by atoms with Crippen LogP contribution in [0.1, 0.15) is 5.56 Å². The van der Waals surface area contributed by atoms with Crippen LogP contribution < -0.4 is 16.0 Å². The molecule has 2 rings (SSSR count). The lowest BCUT2D eigenvalue weighted by Crippen LogP contribution is -2.17. The molecule has 1 aromatic carbocycles. The molecule has 0 amide bonds. The predicted octanol–water partition coefficient (Wildman–Crippen LogP) is 2.29. The van der Waals surface area contributed by atoms with Crippen molar-refractivity contribution >= 4 is 16.6 Å². The lowest BCUT2D eigenvalue weighted by atomic mass is 10.1. The first-order chi connectivity index (χ1) is 8.96. The van der Waals surface area contributed by atoms with Crippen LogP contribution in [-0.2, 0) is 0 Å². The van der Waals surface area contributed by atoms with Crippen LogP contribution in [0.25, 0.3) is 10.9 Å². The molecular formula is C11H7F3N4O. The summed E-state index contributed by atoms with van der Waals surface area (Å²) >= 11 is 0. The average Bonchev–Trinajstić information content (AvgIpc) is 2.35. The summed E-state index contributed by atoms with van der Waals surface area (Å²) in [4.78, 5) is 3.80. The average molecular weight is 268 g/mol. The van der Waals surface area contributed by atoms with E-state index in [1.165, 1.54) is 12.1 Å². The van der Waals surface area contributed by atoms with Crippen LogP contribution in [0, 0.1) is 11.3 Å². The molecule has 0 spiro atoms. The van der Waals surface area contributed by atoms with Gasteiger partial charge in [-0.3, -0.25) is 10.8 Å². The second-order valence-electron chi connectivity index (χ2n) is 3.50. The molecule has 2 aromatic rings. The number of alkyl halides is 3. The Bertz CT molecular complexity index is 663. The van der Waals surface area contributed by atoms with Crippen molar-refractivity contribution < 1.29 is 17.9 Å². The van der Waals surface area contributed by atoms with Crippen LogP contribution in [0.15, 0.2) is 24.4 Å². The van der Waals surface area contributed by atoms with Gasteiger partial charge in [-0.05, 0) is 6.07 Å². The first-order valence-corrected chi connectivity index (χ1v) is 5.00. The zero-order valence-electron chi connectivity index (χ0n) is 9.32. The van der Waals surface area contributed by atoms with Crippen LogP contribution in [0.5, 0.6) is 5.75 Å². The van der Waals surface area contributed by atoms with Gasteiger partial charge in [0.2, 0.25) is 0 Å². The number of halogens is 3. The van der Waals surface area contributed by atoms with Gasteiger partial charge in [-0.2, -0.15) is 5.26 Å². The molecule has 3 N–H and O–H groups in total. The number of aromatic nitrogens is 1. The molecule has 0 unspecified atom stereocenters. The SMILES string of the molecule is N#Cc1cnc2c(OC(F)(F)F)cccc2c1NN. The van der Waals surface area contributed by atoms with Crippen molar-refractivity contribution in [1.82, 2.24) is 4.98 Å². The third kappa shape index (κ3) is 2.51. The molecule has 98 valence electrons. The van der Waals surface area contributed by atoms with E-state index in [1.54, 1.807) is 0 Å². The number of pyridine rings is 1. The van der Waals surface area contributed by atoms with Crippen molar-refractivity contribution in [2.75, 3.05) is 5.43 Å². The predicted molar refractivity (Wildman–Crippen MR) is 61.0 cm³/mol. The van der Waals surface area contributed by atoms with Gasteiger partial charge in [0.1, 0.15) is 11.6 Å². The van der Waals surface area contributed by atoms with E-state index in [0.29, 0.717) is 0 Å². The summed E-state index contributed by atoms with van der Waals surface area (Å²) < 4.78 is 40.6. The molecule has 1 heterocycles. The minimum Gasteiger partial charge on any atom is -0.403 e. The Morgan fingerprint density at radius 2 is 2.11 bits per heavy atom. The van der Waals surface area contributed by atoms with E-state index in [-0.39, 0.29) is 22.2 Å². The molecule has 0 aliphatic heterocycles. The molecule has 0 radical (unpaired) electrons. The highest BCUT2D eigenvalue weighted by atomic mass is 19.4. The lowest BCUT2D eigenvalue weighted by molar-refractivity contribution is -0.274. The standard InChI is InChI=1S/C11H7F3N4O/c12-11(13,14)19-8-3-1-2-7-9(18-16)6(4-15)5-17-10(7)8/h1-3,5H,16H2,(H,17,18). The first-order valence-electron chi connectivity index (χ1n) is 5.00. The van der Waals surface area contributed by atoms with E-state index in [1.807, 2.05) is 6.07 Å². The largest absolute Gasteiger partial charge is 0.573 e. The molecule has 0 saturated heterocycles. The maximum Gasteiger partial charge on any atom is 0.573 e. The quantitative estimate of drug-likeness (QED) is 0.644. The van der Waals surface area contributed by atoms with Gasteiger partial charge >= 0.3 is 6.36 Å². The van der Waals surface area contributed by atoms with Gasteiger partial charge in [-0.15, -0.1) is 13.2 Å². The van der Waals surface area contributed by atoms with E-state index < -0.39 is 12.1 Å². The van der Waals surface area contributed by atoms with Gasteiger partial charge < -0.3 is 10.2 Å². The van der Waals surface area contributed by atoms with Crippen LogP contribution in [0.2, 0.25) is 0 Å². The number of nitriles is 1. The van der Waals surface area contributed by atoms with Crippen molar-refractivity contribution in [3.63, 3.8) is 0 Å². The number of hydrazine groups is 1. The van der Waals surface area contributed by atoms with Crippen molar-refractivity contribution in [2.24, 2.45) is 5.84 Å². The number of para-hydroxylation sites is 1. The molecule has 1 aromatic heterocycles. The van der Waals surface area contributed by atoms with Gasteiger partial charge in [0.05, 0.1) is 11.3 Å². The number of fused-ring (bicyclic) bond motifs is 1. The number of hydrogen-bond acceptors (Lipinski definition) is 5. The number of benzene rings is 1. The fraction of sp³-hybridized carbons (Fsp3) is 0.0909. The number of nitrogens with two attached hydrogens (primary N) is 1. The molecule has 19 heavy (non-hydrogen) atoms. The topological polar surface area (TPSA) is 84.0 Å². The van der Waals surface area contributed by atoms with Gasteiger partial charge in [0.25, 0.3) is 0 Å². The zero-order chi connectivity index (χ0) is 14.0. The highest BCUT2D eigenvalue weighted by Gasteiger charge is 2.32. The minimum atomic E-state index is -4.82. The molecule has 0 atom stereocenters. The molecule has 0 saturated carbocycles. The van der Waals surface area contributed by atoms with Crippen LogP contribution in [-0.4, -0.2) is 11.3 Å². The van der Waals surface area contributed by atoms with E-state index in [4.69, 9.17) is 11.1 Å². The van der Waals surface area contributed by atoms with E-state index >= 15 is 0 Å². The van der Waals surface area contributed by atoms with Gasteiger partial charge in [0.15, 0.2) is 5.75 Å². The molecule has 5 nitrogen and oxygen atoms in total. The summed E-state index contributed by atoms with van der Waals surface area (Å²) in [5.41, 5.74) is 2.56. The smallest absolute Gasteiger partial charge is 0.403 e. The Balaban J connectivity index is 2.68. The number of nitrogen functional groups attached to an aromatic ring is 1. The van der Waals surface area contributed by atoms with Crippen LogP contribution >= 0.6 is 0 Å². The van der Waals surface area contributed by atoms with Gasteiger partial charge in [-0.1, -0.05) is 12.1 Å². The monoisotopic (exact) mass is 268 g/mol. The number of nitrogens with zero attached hydrogens (tertiary/aromatic N) is 2. The van der Waals surface area contributed by atoms with Crippen molar-refractivity contribution in [3.8, 4) is 11.8 Å². The number of rotatable bonds is 2. The Labute approximate surface area is 105 Å². The molecular weight excluding hydrogens is 261 g/mol. The highest BCUT2D eigenvalue weighted by Crippen LogP contribution is 2.33. The summed E-state index contributed by atoms with van der Waals surface area (Å²) in [7, 11) is 0. The lowest BCUT2D eigenvalue weighted by Gasteiger charge is -2.12. The highest BCUT2D eigenvalue weighted by molar-refractivity contribution is 5.96. The van der Waals surface area contributed by atoms with Crippen molar-refractivity contribution in [2.45, 2.75) is 6.36 Å². The molecule has 0 aliphatic carbocycles. The van der Waals surface area contributed by atoms with Gasteiger partial charge in [-0.25, -0.2) is 0 Å². The Kier molecular flexibility index (Phi) is 3.14. The summed E-state index contributed by atoms with van der Waals surface area (Å²) in [5, 5.41) is 9.13. The fourth-order valence-electron chi connectivity index (χ4n) is 1.64. The van der Waals surface area contributed by atoms with E-state index in [9.17, 15) is 13.2 Å². The van der Waals surface area contributed by atoms with Crippen LogP contribution in [0.4, 0.5) is 18.9 Å². The minimum absolute atomic E-state index is 0.0354. The van der Waals surface area contributed by atoms with Gasteiger partial charge in [0, 0.05) is 11.6 Å². The van der Waals surface area contributed by atoms with E-state index in [0.717, 1.165) is 12.3 Å². The summed E-state index contributed by atoms with van der Waals surface area (Å²) in [6.45, 7) is 0. The molecule has 0 aliphatic rings. The normalized spacial score (nSPS) is 11.1. The molecule has 0 bridgehead atoms. The second kappa shape index (κ2) is 4.62. The summed E-state index contributed by atoms with van der Waals surface area (Å²) in [6, 6.07) is 5.81. The molecule has 8 heteroatoms. The Morgan fingerprint density at radius 3 is 2.68 bits per heavy atom. The fourth-order valence-corrected chi connectivity index (χ4v) is 1.64.